The van der Waals surface area contributed by atoms with Gasteiger partial charge in [-0.15, -0.1) is 0 Å². The van der Waals surface area contributed by atoms with Gasteiger partial charge in [-0.1, -0.05) is 18.2 Å². The molecule has 7 heteroatoms. The lowest BCUT2D eigenvalue weighted by atomic mass is 10.1. The van der Waals surface area contributed by atoms with Crippen LogP contribution in [0.25, 0.3) is 0 Å². The van der Waals surface area contributed by atoms with Gasteiger partial charge in [0.05, 0.1) is 10.5 Å². The Labute approximate surface area is 151 Å². The van der Waals surface area contributed by atoms with E-state index in [0.717, 1.165) is 25.9 Å². The molecule has 26 heavy (non-hydrogen) atoms. The van der Waals surface area contributed by atoms with E-state index in [1.165, 1.54) is 18.2 Å². The summed E-state index contributed by atoms with van der Waals surface area (Å²) in [6, 6.07) is 13.1. The maximum Gasteiger partial charge on any atom is 0.270 e. The molecule has 0 spiro atoms. The van der Waals surface area contributed by atoms with Gasteiger partial charge in [0.15, 0.2) is 0 Å². The average Bonchev–Trinajstić information content (AvgIpc) is 2.64. The van der Waals surface area contributed by atoms with E-state index in [1.54, 1.807) is 24.3 Å². The molecule has 1 amide bonds. The van der Waals surface area contributed by atoms with Gasteiger partial charge < -0.3 is 15.0 Å². The van der Waals surface area contributed by atoms with Crippen molar-refractivity contribution in [2.75, 3.05) is 25.5 Å². The summed E-state index contributed by atoms with van der Waals surface area (Å²) in [7, 11) is 2.06. The molecule has 2 aromatic rings. The normalized spacial score (nSPS) is 15.4. The molecule has 1 N–H and O–H groups in total. The third kappa shape index (κ3) is 4.37. The molecule has 0 saturated carbocycles. The van der Waals surface area contributed by atoms with Crippen molar-refractivity contribution in [3.8, 4) is 5.75 Å². The lowest BCUT2D eigenvalue weighted by Gasteiger charge is -2.29. The third-order valence-corrected chi connectivity index (χ3v) is 4.41. The fourth-order valence-electron chi connectivity index (χ4n) is 2.91. The number of hydrogen-bond acceptors (Lipinski definition) is 5. The lowest BCUT2D eigenvalue weighted by Crippen LogP contribution is -2.36. The number of benzene rings is 2. The van der Waals surface area contributed by atoms with E-state index in [9.17, 15) is 14.9 Å². The number of nitro benzene ring substituents is 1. The minimum Gasteiger partial charge on any atom is -0.489 e. The van der Waals surface area contributed by atoms with Gasteiger partial charge in [0.2, 0.25) is 0 Å². The van der Waals surface area contributed by atoms with Gasteiger partial charge in [0, 0.05) is 30.9 Å². The molecule has 136 valence electrons. The van der Waals surface area contributed by atoms with Crippen LogP contribution in [0.15, 0.2) is 48.5 Å². The van der Waals surface area contributed by atoms with E-state index in [-0.39, 0.29) is 17.4 Å². The summed E-state index contributed by atoms with van der Waals surface area (Å²) in [5, 5.41) is 13.9. The molecule has 0 aromatic heterocycles. The smallest absolute Gasteiger partial charge is 0.270 e. The number of nitrogens with zero attached hydrogens (tertiary/aromatic N) is 2. The molecule has 0 radical (unpaired) electrons. The van der Waals surface area contributed by atoms with Crippen molar-refractivity contribution in [3.63, 3.8) is 0 Å². The van der Waals surface area contributed by atoms with Gasteiger partial charge in [-0.3, -0.25) is 14.9 Å². The Bertz CT molecular complexity index is 787. The van der Waals surface area contributed by atoms with Crippen LogP contribution >= 0.6 is 0 Å². The number of nitrogens with one attached hydrogen (secondary N) is 1. The average molecular weight is 355 g/mol. The molecule has 2 aromatic carbocycles. The van der Waals surface area contributed by atoms with Crippen LogP contribution in [-0.2, 0) is 0 Å². The highest BCUT2D eigenvalue weighted by molar-refractivity contribution is 6.06. The molecule has 1 aliphatic rings. The Balaban J connectivity index is 1.83. The van der Waals surface area contributed by atoms with Gasteiger partial charge in [-0.05, 0) is 38.1 Å². The van der Waals surface area contributed by atoms with E-state index in [0.29, 0.717) is 11.4 Å². The van der Waals surface area contributed by atoms with Crippen LogP contribution in [0.1, 0.15) is 23.2 Å². The summed E-state index contributed by atoms with van der Waals surface area (Å²) >= 11 is 0. The largest absolute Gasteiger partial charge is 0.489 e. The van der Waals surface area contributed by atoms with Crippen LogP contribution in [-0.4, -0.2) is 42.0 Å². The molecule has 1 aliphatic heterocycles. The Morgan fingerprint density at radius 3 is 2.54 bits per heavy atom. The summed E-state index contributed by atoms with van der Waals surface area (Å²) in [5.74, 6) is -0.0542. The highest BCUT2D eigenvalue weighted by Crippen LogP contribution is 2.28. The first-order valence-electron chi connectivity index (χ1n) is 8.53. The van der Waals surface area contributed by atoms with Crippen molar-refractivity contribution in [2.24, 2.45) is 0 Å². The number of piperidine rings is 1. The molecule has 3 rings (SSSR count). The molecular weight excluding hydrogens is 334 g/mol. The number of non-ortho nitro benzene ring substituents is 1. The standard InChI is InChI=1S/C19H21N3O4/c1-21-11-9-16(10-12-21)26-18-8-7-15(22(24)25)13-17(18)19(23)20-14-5-3-2-4-6-14/h2-8,13,16H,9-12H2,1H3,(H,20,23). The van der Waals surface area contributed by atoms with E-state index in [4.69, 9.17) is 4.74 Å². The summed E-state index contributed by atoms with van der Waals surface area (Å²) in [5.41, 5.74) is 0.648. The first kappa shape index (κ1) is 17.9. The van der Waals surface area contributed by atoms with Crippen LogP contribution in [0.3, 0.4) is 0 Å². The summed E-state index contributed by atoms with van der Waals surface area (Å²) in [4.78, 5) is 25.5. The first-order chi connectivity index (χ1) is 12.5. The number of amides is 1. The number of carbonyl (C=O) groups is 1. The number of ether oxygens (including phenoxy) is 1. The number of anilines is 1. The topological polar surface area (TPSA) is 84.7 Å². The van der Waals surface area contributed by atoms with Crippen LogP contribution in [0.2, 0.25) is 0 Å². The molecule has 0 unspecified atom stereocenters. The Kier molecular flexibility index (Phi) is 5.48. The predicted molar refractivity (Wildman–Crippen MR) is 98.6 cm³/mol. The molecule has 7 nitrogen and oxygen atoms in total. The van der Waals surface area contributed by atoms with E-state index >= 15 is 0 Å². The van der Waals surface area contributed by atoms with Crippen LogP contribution in [0, 0.1) is 10.1 Å². The molecular formula is C19H21N3O4. The minimum absolute atomic E-state index is 0.00377. The van der Waals surface area contributed by atoms with Crippen molar-refractivity contribution in [1.29, 1.82) is 0 Å². The van der Waals surface area contributed by atoms with Crippen molar-refractivity contribution >= 4 is 17.3 Å². The second-order valence-corrected chi connectivity index (χ2v) is 6.38. The Hall–Kier alpha value is -2.93. The second-order valence-electron chi connectivity index (χ2n) is 6.38. The number of para-hydroxylation sites is 1. The summed E-state index contributed by atoms with van der Waals surface area (Å²) < 4.78 is 6.02. The van der Waals surface area contributed by atoms with E-state index < -0.39 is 10.8 Å². The monoisotopic (exact) mass is 355 g/mol. The van der Waals surface area contributed by atoms with Crippen molar-refractivity contribution in [3.05, 3.63) is 64.2 Å². The number of rotatable bonds is 5. The SMILES string of the molecule is CN1CCC(Oc2ccc([N+](=O)[O-])cc2C(=O)Nc2ccccc2)CC1. The molecule has 0 bridgehead atoms. The minimum atomic E-state index is -0.515. The van der Waals surface area contributed by atoms with E-state index in [2.05, 4.69) is 17.3 Å². The zero-order chi connectivity index (χ0) is 18.5. The maximum absolute atomic E-state index is 12.7. The lowest BCUT2D eigenvalue weighted by molar-refractivity contribution is -0.384. The van der Waals surface area contributed by atoms with Crippen LogP contribution < -0.4 is 10.1 Å². The molecule has 1 saturated heterocycles. The molecule has 1 heterocycles. The molecule has 1 fully saturated rings. The van der Waals surface area contributed by atoms with Gasteiger partial charge in [0.1, 0.15) is 11.9 Å². The molecule has 0 aliphatic carbocycles. The summed E-state index contributed by atoms with van der Waals surface area (Å²) in [6.07, 6.45) is 1.71. The zero-order valence-electron chi connectivity index (χ0n) is 14.6. The zero-order valence-corrected chi connectivity index (χ0v) is 14.6. The number of nitro groups is 1. The maximum atomic E-state index is 12.7. The predicted octanol–water partition coefficient (Wildman–Crippen LogP) is 3.32. The Morgan fingerprint density at radius 2 is 1.88 bits per heavy atom. The van der Waals surface area contributed by atoms with Gasteiger partial charge in [0.25, 0.3) is 11.6 Å². The first-order valence-corrected chi connectivity index (χ1v) is 8.53. The quantitative estimate of drug-likeness (QED) is 0.657. The Morgan fingerprint density at radius 1 is 1.19 bits per heavy atom. The third-order valence-electron chi connectivity index (χ3n) is 4.41. The fraction of sp³-hybridized carbons (Fsp3) is 0.316. The highest BCUT2D eigenvalue weighted by Gasteiger charge is 2.23. The van der Waals surface area contributed by atoms with Gasteiger partial charge >= 0.3 is 0 Å². The fourth-order valence-corrected chi connectivity index (χ4v) is 2.91. The van der Waals surface area contributed by atoms with E-state index in [1.807, 2.05) is 6.07 Å². The van der Waals surface area contributed by atoms with Crippen molar-refractivity contribution in [1.82, 2.24) is 4.90 Å². The number of likely N-dealkylation sites (tertiary alicyclic amines) is 1. The van der Waals surface area contributed by atoms with Crippen LogP contribution in [0.5, 0.6) is 5.75 Å². The van der Waals surface area contributed by atoms with Gasteiger partial charge in [-0.25, -0.2) is 0 Å². The van der Waals surface area contributed by atoms with Crippen molar-refractivity contribution in [2.45, 2.75) is 18.9 Å². The van der Waals surface area contributed by atoms with Gasteiger partial charge in [-0.2, -0.15) is 0 Å². The second kappa shape index (κ2) is 7.97. The van der Waals surface area contributed by atoms with Crippen LogP contribution in [0.4, 0.5) is 11.4 Å². The van der Waals surface area contributed by atoms with Crippen molar-refractivity contribution < 1.29 is 14.5 Å². The molecule has 0 atom stereocenters. The summed E-state index contributed by atoms with van der Waals surface area (Å²) in [6.45, 7) is 1.84. The number of hydrogen-bond donors (Lipinski definition) is 1. The highest BCUT2D eigenvalue weighted by atomic mass is 16.6. The number of carbonyl (C=O) groups excluding carboxylic acids is 1.